The van der Waals surface area contributed by atoms with Gasteiger partial charge in [-0.15, -0.1) is 22.7 Å². The Bertz CT molecular complexity index is 564. The van der Waals surface area contributed by atoms with Gasteiger partial charge in [-0.25, -0.2) is 9.97 Å². The van der Waals surface area contributed by atoms with Gasteiger partial charge in [0.05, 0.1) is 5.69 Å². The van der Waals surface area contributed by atoms with Crippen molar-refractivity contribution in [3.8, 4) is 0 Å². The van der Waals surface area contributed by atoms with Crippen LogP contribution < -0.4 is 10.6 Å². The van der Waals surface area contributed by atoms with Gasteiger partial charge < -0.3 is 10.6 Å². The Hall–Kier alpha value is -1.18. The Morgan fingerprint density at radius 1 is 1.20 bits per heavy atom. The summed E-state index contributed by atoms with van der Waals surface area (Å²) in [7, 11) is 0. The number of thiazole rings is 2. The summed E-state index contributed by atoms with van der Waals surface area (Å²) in [4.78, 5) is 16.2. The van der Waals surface area contributed by atoms with Gasteiger partial charge in [0.1, 0.15) is 0 Å². The summed E-state index contributed by atoms with van der Waals surface area (Å²) in [6.07, 6.45) is 1.89. The molecule has 1 aliphatic heterocycles. The van der Waals surface area contributed by atoms with Crippen molar-refractivity contribution < 1.29 is 0 Å². The zero-order valence-corrected chi connectivity index (χ0v) is 13.4. The van der Waals surface area contributed by atoms with Crippen molar-refractivity contribution >= 4 is 32.9 Å². The van der Waals surface area contributed by atoms with Crippen molar-refractivity contribution in [2.75, 3.05) is 36.8 Å². The Morgan fingerprint density at radius 2 is 1.95 bits per heavy atom. The van der Waals surface area contributed by atoms with E-state index in [-0.39, 0.29) is 0 Å². The van der Waals surface area contributed by atoms with E-state index in [0.717, 1.165) is 38.4 Å². The molecule has 3 rings (SSSR count). The van der Waals surface area contributed by atoms with E-state index in [4.69, 9.17) is 5.73 Å². The number of aryl methyl sites for hydroxylation is 2. The Morgan fingerprint density at radius 3 is 2.50 bits per heavy atom. The summed E-state index contributed by atoms with van der Waals surface area (Å²) < 4.78 is 0. The van der Waals surface area contributed by atoms with E-state index in [9.17, 15) is 0 Å². The van der Waals surface area contributed by atoms with Gasteiger partial charge >= 0.3 is 0 Å². The van der Waals surface area contributed by atoms with Gasteiger partial charge in [0, 0.05) is 48.7 Å². The molecule has 0 atom stereocenters. The summed E-state index contributed by atoms with van der Waals surface area (Å²) in [5, 5.41) is 1.83. The first-order chi connectivity index (χ1) is 9.61. The van der Waals surface area contributed by atoms with Gasteiger partial charge in [-0.05, 0) is 13.8 Å². The quantitative estimate of drug-likeness (QED) is 0.941. The fourth-order valence-electron chi connectivity index (χ4n) is 2.30. The molecule has 0 aromatic carbocycles. The Kier molecular flexibility index (Phi) is 3.91. The van der Waals surface area contributed by atoms with Crippen LogP contribution in [0.2, 0.25) is 0 Å². The smallest absolute Gasteiger partial charge is 0.185 e. The number of anilines is 2. The van der Waals surface area contributed by atoms with Gasteiger partial charge in [-0.2, -0.15) is 0 Å². The molecular weight excluding hydrogens is 290 g/mol. The van der Waals surface area contributed by atoms with Crippen LogP contribution >= 0.6 is 22.7 Å². The SMILES string of the molecule is Cc1nc(N2CCN(Cc3cnc(N)s3)CC2)sc1C. The molecule has 0 amide bonds. The van der Waals surface area contributed by atoms with E-state index in [0.29, 0.717) is 5.13 Å². The van der Waals surface area contributed by atoms with Crippen molar-refractivity contribution in [3.05, 3.63) is 21.6 Å². The molecule has 108 valence electrons. The second-order valence-electron chi connectivity index (χ2n) is 5.07. The Balaban J connectivity index is 1.56. The third kappa shape index (κ3) is 2.94. The molecule has 0 spiro atoms. The van der Waals surface area contributed by atoms with Crippen LogP contribution in [0.4, 0.5) is 10.3 Å². The topological polar surface area (TPSA) is 58.3 Å². The molecule has 0 bridgehead atoms. The number of nitrogen functional groups attached to an aromatic ring is 1. The molecule has 0 radical (unpaired) electrons. The minimum Gasteiger partial charge on any atom is -0.375 e. The lowest BCUT2D eigenvalue weighted by molar-refractivity contribution is 0.251. The van der Waals surface area contributed by atoms with Gasteiger partial charge in [0.2, 0.25) is 0 Å². The molecule has 5 nitrogen and oxygen atoms in total. The first kappa shape index (κ1) is 13.8. The molecule has 1 aliphatic rings. The van der Waals surface area contributed by atoms with Crippen molar-refractivity contribution in [3.63, 3.8) is 0 Å². The lowest BCUT2D eigenvalue weighted by atomic mass is 10.3. The molecular formula is C13H19N5S2. The molecule has 0 saturated carbocycles. The number of hydrogen-bond donors (Lipinski definition) is 1. The van der Waals surface area contributed by atoms with Crippen LogP contribution in [0.5, 0.6) is 0 Å². The lowest BCUT2D eigenvalue weighted by Crippen LogP contribution is -2.45. The minimum absolute atomic E-state index is 0.660. The molecule has 3 heterocycles. The monoisotopic (exact) mass is 309 g/mol. The third-order valence-electron chi connectivity index (χ3n) is 3.61. The average Bonchev–Trinajstić information content (AvgIpc) is 2.98. The highest BCUT2D eigenvalue weighted by Gasteiger charge is 2.20. The summed E-state index contributed by atoms with van der Waals surface area (Å²) in [5.74, 6) is 0. The summed E-state index contributed by atoms with van der Waals surface area (Å²) in [6.45, 7) is 9.39. The summed E-state index contributed by atoms with van der Waals surface area (Å²) in [5.41, 5.74) is 6.83. The van der Waals surface area contributed by atoms with Crippen molar-refractivity contribution in [2.45, 2.75) is 20.4 Å². The van der Waals surface area contributed by atoms with Crippen molar-refractivity contribution in [2.24, 2.45) is 0 Å². The van der Waals surface area contributed by atoms with Crippen LogP contribution in [-0.2, 0) is 6.54 Å². The summed E-state index contributed by atoms with van der Waals surface area (Å²) >= 11 is 3.39. The van der Waals surface area contributed by atoms with Gasteiger partial charge in [0.15, 0.2) is 10.3 Å². The molecule has 1 saturated heterocycles. The van der Waals surface area contributed by atoms with E-state index in [1.165, 1.54) is 14.9 Å². The molecule has 0 aliphatic carbocycles. The molecule has 20 heavy (non-hydrogen) atoms. The van der Waals surface area contributed by atoms with E-state index in [1.54, 1.807) is 22.7 Å². The molecule has 2 aromatic heterocycles. The fourth-order valence-corrected chi connectivity index (χ4v) is 3.99. The second-order valence-corrected chi connectivity index (χ2v) is 7.39. The predicted molar refractivity (Wildman–Crippen MR) is 85.6 cm³/mol. The van der Waals surface area contributed by atoms with E-state index >= 15 is 0 Å². The molecule has 1 fully saturated rings. The molecule has 7 heteroatoms. The number of rotatable bonds is 3. The zero-order chi connectivity index (χ0) is 14.1. The van der Waals surface area contributed by atoms with Crippen molar-refractivity contribution in [1.29, 1.82) is 0 Å². The molecule has 2 aromatic rings. The fraction of sp³-hybridized carbons (Fsp3) is 0.538. The van der Waals surface area contributed by atoms with Gasteiger partial charge in [-0.3, -0.25) is 4.90 Å². The Labute approximate surface area is 127 Å². The first-order valence-electron chi connectivity index (χ1n) is 6.73. The third-order valence-corrected chi connectivity index (χ3v) is 5.56. The van der Waals surface area contributed by atoms with Crippen LogP contribution in [0.25, 0.3) is 0 Å². The number of nitrogens with zero attached hydrogens (tertiary/aromatic N) is 4. The van der Waals surface area contributed by atoms with Crippen LogP contribution in [0.15, 0.2) is 6.20 Å². The average molecular weight is 309 g/mol. The highest BCUT2D eigenvalue weighted by atomic mass is 32.1. The van der Waals surface area contributed by atoms with Gasteiger partial charge in [-0.1, -0.05) is 0 Å². The second kappa shape index (κ2) is 5.67. The van der Waals surface area contributed by atoms with E-state index < -0.39 is 0 Å². The number of aromatic nitrogens is 2. The van der Waals surface area contributed by atoms with Crippen LogP contribution in [0, 0.1) is 13.8 Å². The normalized spacial score (nSPS) is 16.8. The largest absolute Gasteiger partial charge is 0.375 e. The summed E-state index contributed by atoms with van der Waals surface area (Å²) in [6, 6.07) is 0. The van der Waals surface area contributed by atoms with Crippen LogP contribution in [0.3, 0.4) is 0 Å². The highest BCUT2D eigenvalue weighted by Crippen LogP contribution is 2.26. The van der Waals surface area contributed by atoms with Crippen LogP contribution in [0.1, 0.15) is 15.4 Å². The van der Waals surface area contributed by atoms with Gasteiger partial charge in [0.25, 0.3) is 0 Å². The molecule has 2 N–H and O–H groups in total. The number of hydrogen-bond acceptors (Lipinski definition) is 7. The zero-order valence-electron chi connectivity index (χ0n) is 11.8. The number of piperazine rings is 1. The minimum atomic E-state index is 0.660. The van der Waals surface area contributed by atoms with E-state index in [2.05, 4.69) is 33.6 Å². The molecule has 0 unspecified atom stereocenters. The highest BCUT2D eigenvalue weighted by molar-refractivity contribution is 7.15. The predicted octanol–water partition coefficient (Wildman–Crippen LogP) is 2.12. The van der Waals surface area contributed by atoms with Crippen LogP contribution in [-0.4, -0.2) is 41.0 Å². The maximum absolute atomic E-state index is 5.67. The number of nitrogens with two attached hydrogens (primary N) is 1. The first-order valence-corrected chi connectivity index (χ1v) is 8.36. The van der Waals surface area contributed by atoms with E-state index in [1.807, 2.05) is 6.20 Å². The maximum atomic E-state index is 5.67. The lowest BCUT2D eigenvalue weighted by Gasteiger charge is -2.34. The van der Waals surface area contributed by atoms with Crippen molar-refractivity contribution in [1.82, 2.24) is 14.9 Å². The maximum Gasteiger partial charge on any atom is 0.185 e. The standard InChI is InChI=1S/C13H19N5S2/c1-9-10(2)19-13(16-9)18-5-3-17(4-6-18)8-11-7-15-12(14)20-11/h7H,3-6,8H2,1-2H3,(H2,14,15).